The number of benzene rings is 2. The van der Waals surface area contributed by atoms with Crippen LogP contribution in [0.15, 0.2) is 51.9 Å². The standard InChI is InChI=1S/C19H18BCl2NO3S/c1-2-4-17-14(11-27-13-9-7-12(8-10-13)20(24)25)19(23-26-17)18-15(21)5-3-6-16(18)22/h3,5-10,24-25H,2,4,11H2,1H3. The fourth-order valence-electron chi connectivity index (χ4n) is 2.73. The minimum Gasteiger partial charge on any atom is -0.423 e. The molecule has 0 saturated carbocycles. The first kappa shape index (κ1) is 20.3. The van der Waals surface area contributed by atoms with E-state index in [1.165, 1.54) is 0 Å². The summed E-state index contributed by atoms with van der Waals surface area (Å²) in [5.74, 6) is 1.47. The van der Waals surface area contributed by atoms with Crippen LogP contribution in [-0.2, 0) is 12.2 Å². The van der Waals surface area contributed by atoms with Crippen molar-refractivity contribution in [3.63, 3.8) is 0 Å². The average molecular weight is 422 g/mol. The van der Waals surface area contributed by atoms with Gasteiger partial charge in [-0.3, -0.25) is 0 Å². The molecule has 140 valence electrons. The van der Waals surface area contributed by atoms with Crippen LogP contribution >= 0.6 is 35.0 Å². The molecule has 0 aliphatic carbocycles. The number of aryl methyl sites for hydroxylation is 1. The first-order valence-corrected chi connectivity index (χ1v) is 10.3. The number of rotatable bonds is 7. The average Bonchev–Trinajstić information content (AvgIpc) is 3.03. The van der Waals surface area contributed by atoms with E-state index in [-0.39, 0.29) is 0 Å². The van der Waals surface area contributed by atoms with E-state index in [0.29, 0.717) is 32.5 Å². The van der Waals surface area contributed by atoms with Gasteiger partial charge in [0.25, 0.3) is 0 Å². The summed E-state index contributed by atoms with van der Waals surface area (Å²) < 4.78 is 5.59. The smallest absolute Gasteiger partial charge is 0.423 e. The van der Waals surface area contributed by atoms with Crippen LogP contribution in [0, 0.1) is 0 Å². The molecule has 0 unspecified atom stereocenters. The second-order valence-corrected chi connectivity index (χ2v) is 7.87. The van der Waals surface area contributed by atoms with Crippen molar-refractivity contribution in [2.45, 2.75) is 30.4 Å². The normalized spacial score (nSPS) is 11.0. The fourth-order valence-corrected chi connectivity index (χ4v) is 4.24. The predicted octanol–water partition coefficient (Wildman–Crippen LogP) is 4.57. The molecule has 0 saturated heterocycles. The molecule has 2 aromatic carbocycles. The molecule has 0 aliphatic rings. The van der Waals surface area contributed by atoms with Crippen LogP contribution in [0.5, 0.6) is 0 Å². The molecule has 1 aromatic heterocycles. The summed E-state index contributed by atoms with van der Waals surface area (Å²) in [6.45, 7) is 2.08. The lowest BCUT2D eigenvalue weighted by molar-refractivity contribution is 0.383. The third-order valence-electron chi connectivity index (χ3n) is 4.11. The highest BCUT2D eigenvalue weighted by Gasteiger charge is 2.21. The molecule has 0 radical (unpaired) electrons. The summed E-state index contributed by atoms with van der Waals surface area (Å²) in [6.07, 6.45) is 1.71. The van der Waals surface area contributed by atoms with Gasteiger partial charge in [0.05, 0.1) is 10.0 Å². The van der Waals surface area contributed by atoms with Crippen LogP contribution in [0.25, 0.3) is 11.3 Å². The molecule has 0 fully saturated rings. The van der Waals surface area contributed by atoms with Crippen molar-refractivity contribution in [2.24, 2.45) is 0 Å². The molecule has 2 N–H and O–H groups in total. The van der Waals surface area contributed by atoms with E-state index in [1.54, 1.807) is 42.1 Å². The third kappa shape index (κ3) is 4.70. The topological polar surface area (TPSA) is 66.5 Å². The molecule has 3 aromatic rings. The first-order chi connectivity index (χ1) is 13.0. The molecule has 0 bridgehead atoms. The van der Waals surface area contributed by atoms with E-state index >= 15 is 0 Å². The maximum Gasteiger partial charge on any atom is 0.488 e. The van der Waals surface area contributed by atoms with Crippen molar-refractivity contribution in [3.05, 3.63) is 63.8 Å². The molecular formula is C19H18BCl2NO3S. The third-order valence-corrected chi connectivity index (χ3v) is 5.78. The Morgan fingerprint density at radius 3 is 2.33 bits per heavy atom. The molecule has 1 heterocycles. The van der Waals surface area contributed by atoms with Crippen LogP contribution < -0.4 is 5.46 Å². The van der Waals surface area contributed by atoms with Gasteiger partial charge in [0, 0.05) is 28.2 Å². The Labute approximate surface area is 172 Å². The zero-order chi connectivity index (χ0) is 19.4. The molecule has 0 aliphatic heterocycles. The van der Waals surface area contributed by atoms with E-state index in [4.69, 9.17) is 27.7 Å². The lowest BCUT2D eigenvalue weighted by atomic mass is 9.81. The largest absolute Gasteiger partial charge is 0.488 e. The van der Waals surface area contributed by atoms with Gasteiger partial charge in [0.15, 0.2) is 0 Å². The molecule has 0 amide bonds. The SMILES string of the molecule is CCCc1onc(-c2c(Cl)cccc2Cl)c1CSc1ccc(B(O)O)cc1. The highest BCUT2D eigenvalue weighted by molar-refractivity contribution is 7.98. The molecule has 4 nitrogen and oxygen atoms in total. The van der Waals surface area contributed by atoms with Crippen LogP contribution in [0.2, 0.25) is 10.0 Å². The summed E-state index contributed by atoms with van der Waals surface area (Å²) in [7, 11) is -1.47. The predicted molar refractivity (Wildman–Crippen MR) is 112 cm³/mol. The molecule has 3 rings (SSSR count). The molecule has 27 heavy (non-hydrogen) atoms. The summed E-state index contributed by atoms with van der Waals surface area (Å²) in [5.41, 5.74) is 2.79. The van der Waals surface area contributed by atoms with Gasteiger partial charge in [-0.1, -0.05) is 53.5 Å². The van der Waals surface area contributed by atoms with Crippen molar-refractivity contribution >= 4 is 47.5 Å². The second kappa shape index (κ2) is 9.17. The Balaban J connectivity index is 1.90. The van der Waals surface area contributed by atoms with Gasteiger partial charge < -0.3 is 14.6 Å². The van der Waals surface area contributed by atoms with Gasteiger partial charge in [-0.15, -0.1) is 11.8 Å². The van der Waals surface area contributed by atoms with Crippen molar-refractivity contribution in [3.8, 4) is 11.3 Å². The summed E-state index contributed by atoms with van der Waals surface area (Å²) in [4.78, 5) is 0.999. The number of thioether (sulfide) groups is 1. The maximum absolute atomic E-state index is 9.21. The van der Waals surface area contributed by atoms with Gasteiger partial charge in [0.2, 0.25) is 0 Å². The van der Waals surface area contributed by atoms with Gasteiger partial charge in [0.1, 0.15) is 11.5 Å². The second-order valence-electron chi connectivity index (χ2n) is 6.01. The Kier molecular flexibility index (Phi) is 6.90. The number of hydrogen-bond acceptors (Lipinski definition) is 5. The number of aromatic nitrogens is 1. The quantitative estimate of drug-likeness (QED) is 0.432. The first-order valence-electron chi connectivity index (χ1n) is 8.52. The number of halogens is 2. The summed E-state index contributed by atoms with van der Waals surface area (Å²) >= 11 is 14.3. The highest BCUT2D eigenvalue weighted by Crippen LogP contribution is 2.39. The molecule has 0 atom stereocenters. The number of hydrogen-bond donors (Lipinski definition) is 2. The van der Waals surface area contributed by atoms with Crippen molar-refractivity contribution in [1.82, 2.24) is 5.16 Å². The lowest BCUT2D eigenvalue weighted by Gasteiger charge is -2.08. The van der Waals surface area contributed by atoms with E-state index < -0.39 is 7.12 Å². The van der Waals surface area contributed by atoms with Gasteiger partial charge >= 0.3 is 7.12 Å². The highest BCUT2D eigenvalue weighted by atomic mass is 35.5. The van der Waals surface area contributed by atoms with Crippen molar-refractivity contribution < 1.29 is 14.6 Å². The monoisotopic (exact) mass is 421 g/mol. The molecule has 0 spiro atoms. The van der Waals surface area contributed by atoms with Gasteiger partial charge in [-0.25, -0.2) is 0 Å². The Bertz CT molecular complexity index is 896. The van der Waals surface area contributed by atoms with E-state index in [0.717, 1.165) is 29.1 Å². The number of nitrogens with zero attached hydrogens (tertiary/aromatic N) is 1. The van der Waals surface area contributed by atoms with E-state index in [2.05, 4.69) is 12.1 Å². The van der Waals surface area contributed by atoms with Crippen molar-refractivity contribution in [2.75, 3.05) is 0 Å². The Morgan fingerprint density at radius 2 is 1.74 bits per heavy atom. The van der Waals surface area contributed by atoms with Gasteiger partial charge in [-0.2, -0.15) is 0 Å². The zero-order valence-electron chi connectivity index (χ0n) is 14.7. The Hall–Kier alpha value is -1.44. The lowest BCUT2D eigenvalue weighted by Crippen LogP contribution is -2.29. The molecular weight excluding hydrogens is 404 g/mol. The van der Waals surface area contributed by atoms with Gasteiger partial charge in [-0.05, 0) is 36.1 Å². The Morgan fingerprint density at radius 1 is 1.07 bits per heavy atom. The zero-order valence-corrected chi connectivity index (χ0v) is 17.0. The fraction of sp³-hybridized carbons (Fsp3) is 0.211. The van der Waals surface area contributed by atoms with Crippen LogP contribution in [0.3, 0.4) is 0 Å². The summed E-state index contributed by atoms with van der Waals surface area (Å²) in [6, 6.07) is 12.5. The summed E-state index contributed by atoms with van der Waals surface area (Å²) in [5, 5.41) is 23.7. The maximum atomic E-state index is 9.21. The van der Waals surface area contributed by atoms with E-state index in [1.807, 2.05) is 12.1 Å². The molecule has 8 heteroatoms. The minimum atomic E-state index is -1.47. The van der Waals surface area contributed by atoms with Crippen LogP contribution in [0.1, 0.15) is 24.7 Å². The van der Waals surface area contributed by atoms with Crippen molar-refractivity contribution in [1.29, 1.82) is 0 Å². The van der Waals surface area contributed by atoms with Crippen LogP contribution in [-0.4, -0.2) is 22.3 Å². The van der Waals surface area contributed by atoms with Crippen LogP contribution in [0.4, 0.5) is 0 Å². The van der Waals surface area contributed by atoms with E-state index in [9.17, 15) is 10.0 Å². The minimum absolute atomic E-state index is 0.458.